The molecule has 0 bridgehead atoms. The molecule has 0 saturated carbocycles. The number of hydrogen-bond acceptors (Lipinski definition) is 3. The molecule has 2 rings (SSSR count). The Morgan fingerprint density at radius 3 is 2.09 bits per heavy atom. The Morgan fingerprint density at radius 2 is 1.40 bits per heavy atom. The Balaban J connectivity index is 1.50. The molecule has 2 aromatic rings. The summed E-state index contributed by atoms with van der Waals surface area (Å²) in [6.45, 7) is 4.27. The molecule has 0 atom stereocenters. The van der Waals surface area contributed by atoms with Gasteiger partial charge in [-0.3, -0.25) is 4.79 Å². The van der Waals surface area contributed by atoms with Crippen LogP contribution in [0.3, 0.4) is 0 Å². The number of unbranched alkanes of at least 4 members (excludes halogenated alkanes) is 8. The molecule has 0 radical (unpaired) electrons. The summed E-state index contributed by atoms with van der Waals surface area (Å²) in [5.74, 6) is 0.558. The minimum atomic E-state index is -0.190. The van der Waals surface area contributed by atoms with E-state index in [9.17, 15) is 4.79 Å². The summed E-state index contributed by atoms with van der Waals surface area (Å²) in [4.78, 5) is 12.0. The first-order valence-electron chi connectivity index (χ1n) is 13.7. The molecule has 4 heteroatoms. The van der Waals surface area contributed by atoms with Gasteiger partial charge in [0, 0.05) is 12.0 Å². The first-order valence-corrected chi connectivity index (χ1v) is 13.7. The van der Waals surface area contributed by atoms with Crippen LogP contribution in [0.4, 0.5) is 0 Å². The quantitative estimate of drug-likeness (QED) is 0.0891. The van der Waals surface area contributed by atoms with E-state index in [2.05, 4.69) is 57.4 Å². The van der Waals surface area contributed by atoms with E-state index in [1.807, 2.05) is 18.2 Å². The lowest BCUT2D eigenvalue weighted by molar-refractivity contribution is -0.903. The van der Waals surface area contributed by atoms with Crippen LogP contribution in [0.2, 0.25) is 0 Å². The second-order valence-electron chi connectivity index (χ2n) is 10.4. The van der Waals surface area contributed by atoms with E-state index < -0.39 is 0 Å². The number of ether oxygens (including phenoxy) is 2. The Labute approximate surface area is 214 Å². The molecule has 0 spiro atoms. The summed E-state index contributed by atoms with van der Waals surface area (Å²) >= 11 is 0. The van der Waals surface area contributed by atoms with Gasteiger partial charge in [0.2, 0.25) is 6.79 Å². The molecule has 0 aliphatic rings. The van der Waals surface area contributed by atoms with Crippen molar-refractivity contribution in [2.24, 2.45) is 0 Å². The van der Waals surface area contributed by atoms with Crippen molar-refractivity contribution in [1.29, 1.82) is 0 Å². The first kappa shape index (κ1) is 28.9. The molecule has 35 heavy (non-hydrogen) atoms. The first-order chi connectivity index (χ1) is 17.0. The van der Waals surface area contributed by atoms with Crippen molar-refractivity contribution in [2.45, 2.75) is 90.5 Å². The lowest BCUT2D eigenvalue weighted by Gasteiger charge is -2.30. The van der Waals surface area contributed by atoms with Crippen LogP contribution in [0.5, 0.6) is 5.75 Å². The lowest BCUT2D eigenvalue weighted by Crippen LogP contribution is -2.39. The summed E-state index contributed by atoms with van der Waals surface area (Å²) in [7, 11) is 4.47. The predicted octanol–water partition coefficient (Wildman–Crippen LogP) is 7.70. The van der Waals surface area contributed by atoms with E-state index in [1.165, 1.54) is 62.5 Å². The van der Waals surface area contributed by atoms with Crippen LogP contribution in [-0.2, 0) is 22.5 Å². The third-order valence-electron chi connectivity index (χ3n) is 6.54. The molecule has 194 valence electrons. The summed E-state index contributed by atoms with van der Waals surface area (Å²) in [5.41, 5.74) is 2.68. The van der Waals surface area contributed by atoms with E-state index in [0.29, 0.717) is 6.42 Å². The number of carbonyl (C=O) groups is 1. The molecule has 0 fully saturated rings. The van der Waals surface area contributed by atoms with E-state index in [1.54, 1.807) is 0 Å². The molecule has 0 unspecified atom stereocenters. The van der Waals surface area contributed by atoms with E-state index in [4.69, 9.17) is 9.47 Å². The molecule has 0 saturated heterocycles. The van der Waals surface area contributed by atoms with Crippen molar-refractivity contribution < 1.29 is 18.8 Å². The molecule has 0 aliphatic carbocycles. The topological polar surface area (TPSA) is 35.5 Å². The molecule has 2 aromatic carbocycles. The second-order valence-corrected chi connectivity index (χ2v) is 10.4. The molecular weight excluding hydrogens is 434 g/mol. The number of rotatable bonds is 19. The zero-order chi connectivity index (χ0) is 25.2. The standard InChI is InChI=1S/C31H48NO3/c1-4-5-6-7-8-9-10-12-17-28-21-23-30(24-22-28)34-27-35-31(33)20-15-16-25-32(2,3)26-29-18-13-11-14-19-29/h11,13-14,18-19,21-24H,4-10,12,15-17,20,25-27H2,1-3H3/q+1. The van der Waals surface area contributed by atoms with Crippen molar-refractivity contribution in [3.8, 4) is 5.75 Å². The van der Waals surface area contributed by atoms with Crippen LogP contribution in [0, 0.1) is 0 Å². The average molecular weight is 483 g/mol. The fourth-order valence-electron chi connectivity index (χ4n) is 4.42. The van der Waals surface area contributed by atoms with E-state index in [0.717, 1.165) is 42.6 Å². The van der Waals surface area contributed by atoms with Gasteiger partial charge in [-0.15, -0.1) is 0 Å². The van der Waals surface area contributed by atoms with Crippen molar-refractivity contribution in [2.75, 3.05) is 27.4 Å². The number of nitrogens with zero attached hydrogens (tertiary/aromatic N) is 1. The largest absolute Gasteiger partial charge is 0.457 e. The highest BCUT2D eigenvalue weighted by molar-refractivity contribution is 5.69. The van der Waals surface area contributed by atoms with Gasteiger partial charge in [-0.05, 0) is 43.4 Å². The number of esters is 1. The van der Waals surface area contributed by atoms with Crippen LogP contribution in [0.25, 0.3) is 0 Å². The zero-order valence-corrected chi connectivity index (χ0v) is 22.5. The zero-order valence-electron chi connectivity index (χ0n) is 22.5. The summed E-state index contributed by atoms with van der Waals surface area (Å²) in [6.07, 6.45) is 14.1. The van der Waals surface area contributed by atoms with Crippen LogP contribution >= 0.6 is 0 Å². The highest BCUT2D eigenvalue weighted by Gasteiger charge is 2.15. The van der Waals surface area contributed by atoms with Gasteiger partial charge < -0.3 is 14.0 Å². The SMILES string of the molecule is CCCCCCCCCCc1ccc(OCOC(=O)CCCC[N+](C)(C)Cc2ccccc2)cc1. The van der Waals surface area contributed by atoms with Gasteiger partial charge in [-0.2, -0.15) is 0 Å². The average Bonchev–Trinajstić information content (AvgIpc) is 2.85. The highest BCUT2D eigenvalue weighted by atomic mass is 16.7. The molecular formula is C31H48NO3+. The summed E-state index contributed by atoms with van der Waals surface area (Å²) in [5, 5.41) is 0. The fraction of sp³-hybridized carbons (Fsp3) is 0.581. The van der Waals surface area contributed by atoms with Crippen LogP contribution in [-0.4, -0.2) is 37.9 Å². The monoisotopic (exact) mass is 482 g/mol. The maximum atomic E-state index is 12.0. The van der Waals surface area contributed by atoms with Crippen molar-refractivity contribution >= 4 is 5.97 Å². The number of carbonyl (C=O) groups excluding carboxylic acids is 1. The summed E-state index contributed by atoms with van der Waals surface area (Å²) in [6, 6.07) is 18.7. The van der Waals surface area contributed by atoms with Gasteiger partial charge in [0.05, 0.1) is 20.6 Å². The Hall–Kier alpha value is -2.33. The van der Waals surface area contributed by atoms with Crippen molar-refractivity contribution in [3.05, 3.63) is 65.7 Å². The molecule has 0 aliphatic heterocycles. The van der Waals surface area contributed by atoms with E-state index >= 15 is 0 Å². The van der Waals surface area contributed by atoms with Crippen LogP contribution in [0.15, 0.2) is 54.6 Å². The maximum absolute atomic E-state index is 12.0. The van der Waals surface area contributed by atoms with Crippen LogP contribution in [0.1, 0.15) is 88.7 Å². The Bertz CT molecular complexity index is 802. The minimum absolute atomic E-state index is 0.0220. The number of aryl methyl sites for hydroxylation is 1. The number of hydrogen-bond donors (Lipinski definition) is 0. The third kappa shape index (κ3) is 14.0. The van der Waals surface area contributed by atoms with Gasteiger partial charge in [0.25, 0.3) is 0 Å². The lowest BCUT2D eigenvalue weighted by atomic mass is 10.0. The molecule has 0 heterocycles. The summed E-state index contributed by atoms with van der Waals surface area (Å²) < 4.78 is 11.8. The molecule has 4 nitrogen and oxygen atoms in total. The van der Waals surface area contributed by atoms with Gasteiger partial charge in [-0.25, -0.2) is 0 Å². The normalized spacial score (nSPS) is 11.4. The van der Waals surface area contributed by atoms with Gasteiger partial charge in [0.15, 0.2) is 0 Å². The van der Waals surface area contributed by atoms with Crippen molar-refractivity contribution in [3.63, 3.8) is 0 Å². The Kier molecular flexibility index (Phi) is 14.2. The van der Waals surface area contributed by atoms with Gasteiger partial charge >= 0.3 is 5.97 Å². The third-order valence-corrected chi connectivity index (χ3v) is 6.54. The van der Waals surface area contributed by atoms with Crippen LogP contribution < -0.4 is 4.74 Å². The number of quaternary nitrogens is 1. The van der Waals surface area contributed by atoms with Gasteiger partial charge in [0.1, 0.15) is 12.3 Å². The maximum Gasteiger partial charge on any atom is 0.308 e. The fourth-order valence-corrected chi connectivity index (χ4v) is 4.42. The second kappa shape index (κ2) is 17.2. The van der Waals surface area contributed by atoms with Gasteiger partial charge in [-0.1, -0.05) is 94.3 Å². The molecule has 0 aromatic heterocycles. The minimum Gasteiger partial charge on any atom is -0.457 e. The molecule has 0 N–H and O–H groups in total. The van der Waals surface area contributed by atoms with Crippen molar-refractivity contribution in [1.82, 2.24) is 0 Å². The predicted molar refractivity (Wildman–Crippen MR) is 145 cm³/mol. The Morgan fingerprint density at radius 1 is 0.743 bits per heavy atom. The smallest absolute Gasteiger partial charge is 0.308 e. The highest BCUT2D eigenvalue weighted by Crippen LogP contribution is 2.16. The molecule has 0 amide bonds. The van der Waals surface area contributed by atoms with E-state index in [-0.39, 0.29) is 12.8 Å². The number of benzene rings is 2.